The van der Waals surface area contributed by atoms with Crippen LogP contribution in [0.25, 0.3) is 5.69 Å². The topological polar surface area (TPSA) is 145 Å². The van der Waals surface area contributed by atoms with E-state index >= 15 is 4.39 Å². The molecule has 2 aromatic rings. The fourth-order valence-corrected chi connectivity index (χ4v) is 9.25. The maximum Gasteiger partial charge on any atom is 0.317 e. The Hall–Kier alpha value is -3.16. The minimum absolute atomic E-state index is 0.0244. The van der Waals surface area contributed by atoms with Gasteiger partial charge >= 0.3 is 6.03 Å². The average Bonchev–Trinajstić information content (AvgIpc) is 3.48. The molecule has 0 atom stereocenters. The number of nitrogens with two attached hydrogens (primary N) is 1. The SMILES string of the molecule is CC1(C)Cc2c(c3c(n2-c2cc(F)c(C(N)=O)c(NC4CCC(NC(=O)N5CCOCC5)CC4)c2)COC3)S(=O)(=O)C1. The Labute approximate surface area is 244 Å². The number of nitrogens with one attached hydrogen (secondary N) is 2. The molecule has 2 fully saturated rings. The van der Waals surface area contributed by atoms with Crippen LogP contribution in [0.2, 0.25) is 0 Å². The van der Waals surface area contributed by atoms with Crippen LogP contribution in [0.5, 0.6) is 0 Å². The number of carbonyl (C=O) groups excluding carboxylic acids is 2. The molecule has 4 aliphatic rings. The first-order chi connectivity index (χ1) is 19.9. The van der Waals surface area contributed by atoms with E-state index in [9.17, 15) is 18.0 Å². The van der Waals surface area contributed by atoms with Crippen LogP contribution in [0.4, 0.5) is 14.9 Å². The smallest absolute Gasteiger partial charge is 0.317 e. The number of amides is 3. The number of halogens is 1. The quantitative estimate of drug-likeness (QED) is 0.477. The summed E-state index contributed by atoms with van der Waals surface area (Å²) in [6.07, 6.45) is 3.35. The third-order valence-corrected chi connectivity index (χ3v) is 11.0. The molecule has 4 N–H and O–H groups in total. The van der Waals surface area contributed by atoms with Crippen molar-refractivity contribution < 1.29 is 31.9 Å². The molecule has 0 unspecified atom stereocenters. The summed E-state index contributed by atoms with van der Waals surface area (Å²) in [4.78, 5) is 27.0. The molecule has 0 radical (unpaired) electrons. The summed E-state index contributed by atoms with van der Waals surface area (Å²) in [6, 6.07) is 2.80. The number of nitrogens with zero attached hydrogens (tertiary/aromatic N) is 2. The largest absolute Gasteiger partial charge is 0.382 e. The van der Waals surface area contributed by atoms with E-state index in [1.165, 1.54) is 6.07 Å². The summed E-state index contributed by atoms with van der Waals surface area (Å²) in [5.74, 6) is -1.64. The van der Waals surface area contributed by atoms with Crippen LogP contribution in [0.3, 0.4) is 0 Å². The molecular formula is C29H38FN5O6S. The second-order valence-electron chi connectivity index (χ2n) is 12.6. The molecule has 0 spiro atoms. The van der Waals surface area contributed by atoms with Gasteiger partial charge in [0.05, 0.1) is 59.7 Å². The van der Waals surface area contributed by atoms with Crippen molar-refractivity contribution in [3.05, 3.63) is 40.5 Å². The zero-order chi connectivity index (χ0) is 29.8. The van der Waals surface area contributed by atoms with Gasteiger partial charge in [-0.25, -0.2) is 17.6 Å². The number of hydrogen-bond donors (Lipinski definition) is 3. The van der Waals surface area contributed by atoms with Gasteiger partial charge in [-0.15, -0.1) is 0 Å². The Bertz CT molecular complexity index is 1520. The van der Waals surface area contributed by atoms with Gasteiger partial charge in [0.2, 0.25) is 0 Å². The zero-order valence-corrected chi connectivity index (χ0v) is 24.8. The number of anilines is 1. The maximum absolute atomic E-state index is 15.6. The molecule has 42 heavy (non-hydrogen) atoms. The van der Waals surface area contributed by atoms with E-state index in [1.807, 2.05) is 13.8 Å². The number of hydrogen-bond acceptors (Lipinski definition) is 7. The van der Waals surface area contributed by atoms with Gasteiger partial charge in [0.15, 0.2) is 9.84 Å². The summed E-state index contributed by atoms with van der Waals surface area (Å²) >= 11 is 0. The molecular weight excluding hydrogens is 565 g/mol. The summed E-state index contributed by atoms with van der Waals surface area (Å²) in [6.45, 7) is 6.44. The summed E-state index contributed by atoms with van der Waals surface area (Å²) < 4.78 is 55.1. The first-order valence-corrected chi connectivity index (χ1v) is 16.2. The molecule has 3 amide bonds. The lowest BCUT2D eigenvalue weighted by molar-refractivity contribution is 0.0521. The maximum atomic E-state index is 15.6. The van der Waals surface area contributed by atoms with Gasteiger partial charge in [-0.3, -0.25) is 4.79 Å². The van der Waals surface area contributed by atoms with Crippen molar-refractivity contribution >= 4 is 27.5 Å². The van der Waals surface area contributed by atoms with Gasteiger partial charge < -0.3 is 35.3 Å². The minimum atomic E-state index is -3.57. The Morgan fingerprint density at radius 2 is 1.71 bits per heavy atom. The second kappa shape index (κ2) is 10.8. The lowest BCUT2D eigenvalue weighted by atomic mass is 9.89. The molecule has 4 heterocycles. The number of aromatic nitrogens is 1. The highest BCUT2D eigenvalue weighted by atomic mass is 32.2. The fourth-order valence-electron chi connectivity index (χ4n) is 6.90. The van der Waals surface area contributed by atoms with Crippen LogP contribution in [-0.2, 0) is 38.9 Å². The number of urea groups is 1. The van der Waals surface area contributed by atoms with E-state index in [-0.39, 0.29) is 48.3 Å². The molecule has 228 valence electrons. The molecule has 3 aliphatic heterocycles. The predicted octanol–water partition coefficient (Wildman–Crippen LogP) is 2.87. The van der Waals surface area contributed by atoms with E-state index in [0.717, 1.165) is 12.8 Å². The highest BCUT2D eigenvalue weighted by Gasteiger charge is 2.43. The highest BCUT2D eigenvalue weighted by molar-refractivity contribution is 7.91. The van der Waals surface area contributed by atoms with Crippen molar-refractivity contribution in [1.29, 1.82) is 0 Å². The van der Waals surface area contributed by atoms with Crippen LogP contribution in [0.1, 0.15) is 66.8 Å². The molecule has 1 aromatic heterocycles. The third kappa shape index (κ3) is 5.37. The first-order valence-electron chi connectivity index (χ1n) is 14.5. The number of primary amides is 1. The number of ether oxygens (including phenoxy) is 2. The van der Waals surface area contributed by atoms with Gasteiger partial charge in [0.1, 0.15) is 5.82 Å². The molecule has 1 saturated carbocycles. The van der Waals surface area contributed by atoms with Crippen LogP contribution in [-0.4, -0.2) is 74.0 Å². The number of rotatable bonds is 5. The Kier molecular flexibility index (Phi) is 7.47. The van der Waals surface area contributed by atoms with E-state index < -0.39 is 27.0 Å². The monoisotopic (exact) mass is 603 g/mol. The van der Waals surface area contributed by atoms with Crippen molar-refractivity contribution in [1.82, 2.24) is 14.8 Å². The van der Waals surface area contributed by atoms with Crippen LogP contribution >= 0.6 is 0 Å². The summed E-state index contributed by atoms with van der Waals surface area (Å²) in [5.41, 5.74) is 7.52. The van der Waals surface area contributed by atoms with Crippen molar-refractivity contribution in [3.63, 3.8) is 0 Å². The number of morpholine rings is 1. The number of benzene rings is 1. The number of carbonyl (C=O) groups is 2. The van der Waals surface area contributed by atoms with Crippen molar-refractivity contribution in [3.8, 4) is 5.69 Å². The summed E-state index contributed by atoms with van der Waals surface area (Å²) in [5, 5.41) is 6.46. The van der Waals surface area contributed by atoms with Gasteiger partial charge in [0, 0.05) is 36.4 Å². The van der Waals surface area contributed by atoms with Crippen molar-refractivity contribution in [2.45, 2.75) is 76.1 Å². The molecule has 6 rings (SSSR count). The Morgan fingerprint density at radius 3 is 2.40 bits per heavy atom. The van der Waals surface area contributed by atoms with Crippen LogP contribution in [0, 0.1) is 11.2 Å². The Balaban J connectivity index is 1.27. The fraction of sp³-hybridized carbons (Fsp3) is 0.586. The lowest BCUT2D eigenvalue weighted by Crippen LogP contribution is -2.50. The Morgan fingerprint density at radius 1 is 1.02 bits per heavy atom. The standard InChI is InChI=1S/C29H38FN5O6S/c1-29(2)13-23-26(42(38,39)16-29)20-14-41-15-24(20)35(23)19-11-21(30)25(27(31)36)22(12-19)32-17-3-5-18(6-4-17)33-28(37)34-7-9-40-10-8-34/h11-12,17-18,32H,3-10,13-16H2,1-2H3,(H2,31,36)(H,33,37). The van der Waals surface area contributed by atoms with Crippen LogP contribution in [0.15, 0.2) is 17.0 Å². The van der Waals surface area contributed by atoms with Gasteiger partial charge in [0.25, 0.3) is 5.91 Å². The number of fused-ring (bicyclic) bond motifs is 3. The molecule has 0 bridgehead atoms. The highest BCUT2D eigenvalue weighted by Crippen LogP contribution is 2.44. The minimum Gasteiger partial charge on any atom is -0.382 e. The van der Waals surface area contributed by atoms with E-state index in [0.29, 0.717) is 73.1 Å². The van der Waals surface area contributed by atoms with Gasteiger partial charge in [-0.2, -0.15) is 0 Å². The van der Waals surface area contributed by atoms with E-state index in [2.05, 4.69) is 10.6 Å². The molecule has 1 aliphatic carbocycles. The molecule has 13 heteroatoms. The second-order valence-corrected chi connectivity index (χ2v) is 14.5. The van der Waals surface area contributed by atoms with Crippen molar-refractivity contribution in [2.75, 3.05) is 37.4 Å². The molecule has 1 saturated heterocycles. The first kappa shape index (κ1) is 28.9. The molecule has 11 nitrogen and oxygen atoms in total. The van der Waals surface area contributed by atoms with E-state index in [4.69, 9.17) is 15.2 Å². The normalized spacial score (nSPS) is 24.5. The predicted molar refractivity (Wildman–Crippen MR) is 153 cm³/mol. The zero-order valence-electron chi connectivity index (χ0n) is 24.0. The lowest BCUT2D eigenvalue weighted by Gasteiger charge is -2.33. The van der Waals surface area contributed by atoms with E-state index in [1.54, 1.807) is 15.5 Å². The van der Waals surface area contributed by atoms with Gasteiger partial charge in [-0.1, -0.05) is 13.8 Å². The number of sulfone groups is 1. The van der Waals surface area contributed by atoms with Crippen LogP contribution < -0.4 is 16.4 Å². The summed E-state index contributed by atoms with van der Waals surface area (Å²) in [7, 11) is -3.57. The van der Waals surface area contributed by atoms with Crippen molar-refractivity contribution in [2.24, 2.45) is 11.1 Å². The molecule has 1 aromatic carbocycles. The average molecular weight is 604 g/mol. The third-order valence-electron chi connectivity index (χ3n) is 8.74. The van der Waals surface area contributed by atoms with Gasteiger partial charge in [-0.05, 0) is 49.7 Å².